The molecule has 0 atom stereocenters. The average molecular weight is 293 g/mol. The largest absolute Gasteiger partial charge is 0.478 e. The van der Waals surface area contributed by atoms with E-state index in [1.165, 1.54) is 6.33 Å². The van der Waals surface area contributed by atoms with Gasteiger partial charge in [-0.25, -0.2) is 14.5 Å². The topological polar surface area (TPSA) is 93.8 Å². The van der Waals surface area contributed by atoms with Crippen molar-refractivity contribution in [1.82, 2.24) is 25.0 Å². The Morgan fingerprint density at radius 1 is 1.35 bits per heavy atom. The number of rotatable bonds is 5. The molecular weight excluding hydrogens is 278 g/mol. The maximum atomic E-state index is 11.6. The Labute approximate surface area is 120 Å². The smallest absolute Gasteiger partial charge is 0.338 e. The molecule has 7 nitrogen and oxygen atoms in total. The summed E-state index contributed by atoms with van der Waals surface area (Å²) < 4.78 is 1.57. The molecule has 0 unspecified atom stereocenters. The first kappa shape index (κ1) is 14.4. The van der Waals surface area contributed by atoms with Crippen molar-refractivity contribution in [3.05, 3.63) is 23.1 Å². The molecule has 0 spiro atoms. The van der Waals surface area contributed by atoms with Crippen molar-refractivity contribution in [2.24, 2.45) is 7.05 Å². The van der Waals surface area contributed by atoms with E-state index in [9.17, 15) is 9.90 Å². The van der Waals surface area contributed by atoms with Crippen LogP contribution in [0.25, 0.3) is 0 Å². The lowest BCUT2D eigenvalue weighted by Gasteiger charge is -2.11. The van der Waals surface area contributed by atoms with Gasteiger partial charge in [0.05, 0.1) is 11.3 Å². The predicted octanol–water partition coefficient (Wildman–Crippen LogP) is 1.58. The van der Waals surface area contributed by atoms with Crippen LogP contribution in [0.4, 0.5) is 0 Å². The van der Waals surface area contributed by atoms with Gasteiger partial charge < -0.3 is 5.11 Å². The molecular formula is C12H15N5O2S. The van der Waals surface area contributed by atoms with Crippen LogP contribution >= 0.6 is 11.8 Å². The Bertz CT molecular complexity index is 641. The maximum Gasteiger partial charge on any atom is 0.338 e. The fourth-order valence-electron chi connectivity index (χ4n) is 1.91. The van der Waals surface area contributed by atoms with Crippen LogP contribution in [-0.2, 0) is 19.9 Å². The van der Waals surface area contributed by atoms with Crippen LogP contribution in [0.1, 0.15) is 35.5 Å². The molecule has 0 saturated heterocycles. The highest BCUT2D eigenvalue weighted by Gasteiger charge is 2.22. The van der Waals surface area contributed by atoms with E-state index in [0.717, 1.165) is 23.0 Å². The van der Waals surface area contributed by atoms with E-state index in [-0.39, 0.29) is 5.56 Å². The third kappa shape index (κ3) is 2.64. The summed E-state index contributed by atoms with van der Waals surface area (Å²) in [6.45, 7) is 3.85. The zero-order valence-corrected chi connectivity index (χ0v) is 12.3. The van der Waals surface area contributed by atoms with Gasteiger partial charge in [-0.2, -0.15) is 10.2 Å². The minimum atomic E-state index is -0.990. The van der Waals surface area contributed by atoms with E-state index < -0.39 is 5.97 Å². The van der Waals surface area contributed by atoms with Crippen LogP contribution in [0, 0.1) is 0 Å². The molecule has 8 heteroatoms. The summed E-state index contributed by atoms with van der Waals surface area (Å²) in [6, 6.07) is 0. The second-order valence-corrected chi connectivity index (χ2v) is 5.04. The van der Waals surface area contributed by atoms with Crippen molar-refractivity contribution >= 4 is 17.7 Å². The van der Waals surface area contributed by atoms with E-state index >= 15 is 0 Å². The molecule has 0 amide bonds. The van der Waals surface area contributed by atoms with E-state index in [2.05, 4.69) is 20.3 Å². The zero-order chi connectivity index (χ0) is 14.7. The van der Waals surface area contributed by atoms with Crippen molar-refractivity contribution in [3.8, 4) is 0 Å². The van der Waals surface area contributed by atoms with Gasteiger partial charge in [0.25, 0.3) is 0 Å². The third-order valence-corrected chi connectivity index (χ3v) is 3.92. The first-order valence-electron chi connectivity index (χ1n) is 6.22. The van der Waals surface area contributed by atoms with Gasteiger partial charge in [0.1, 0.15) is 11.4 Å². The van der Waals surface area contributed by atoms with Crippen LogP contribution in [0.2, 0.25) is 0 Å². The summed E-state index contributed by atoms with van der Waals surface area (Å²) in [7, 11) is 1.74. The number of hydrogen-bond donors (Lipinski definition) is 1. The lowest BCUT2D eigenvalue weighted by molar-refractivity contribution is 0.0690. The van der Waals surface area contributed by atoms with Crippen molar-refractivity contribution in [1.29, 1.82) is 0 Å². The normalized spacial score (nSPS) is 10.8. The summed E-state index contributed by atoms with van der Waals surface area (Å²) in [5.41, 5.74) is 1.68. The summed E-state index contributed by atoms with van der Waals surface area (Å²) in [5.74, 6) is -0.990. The molecule has 0 fully saturated rings. The fourth-order valence-corrected chi connectivity index (χ4v) is 2.76. The first-order chi connectivity index (χ1) is 9.58. The number of aryl methyl sites for hydroxylation is 2. The highest BCUT2D eigenvalue weighted by atomic mass is 32.2. The molecule has 1 N–H and O–H groups in total. The van der Waals surface area contributed by atoms with Gasteiger partial charge >= 0.3 is 5.97 Å². The first-order valence-corrected chi connectivity index (χ1v) is 7.03. The van der Waals surface area contributed by atoms with Gasteiger partial charge in [-0.1, -0.05) is 13.8 Å². The molecule has 0 aromatic carbocycles. The average Bonchev–Trinajstić information content (AvgIpc) is 2.83. The van der Waals surface area contributed by atoms with Gasteiger partial charge in [0, 0.05) is 7.05 Å². The second kappa shape index (κ2) is 6.00. The molecule has 0 aliphatic heterocycles. The molecule has 0 aliphatic rings. The van der Waals surface area contributed by atoms with Crippen LogP contribution in [0.5, 0.6) is 0 Å². The highest BCUT2D eigenvalue weighted by molar-refractivity contribution is 7.99. The highest BCUT2D eigenvalue weighted by Crippen LogP contribution is 2.29. The van der Waals surface area contributed by atoms with Crippen molar-refractivity contribution < 1.29 is 9.90 Å². The van der Waals surface area contributed by atoms with Gasteiger partial charge in [-0.3, -0.25) is 0 Å². The monoisotopic (exact) mass is 293 g/mol. The van der Waals surface area contributed by atoms with E-state index in [0.29, 0.717) is 23.0 Å². The second-order valence-electron chi connectivity index (χ2n) is 4.09. The summed E-state index contributed by atoms with van der Waals surface area (Å²) in [5, 5.41) is 22.5. The predicted molar refractivity (Wildman–Crippen MR) is 72.9 cm³/mol. The lowest BCUT2D eigenvalue weighted by Crippen LogP contribution is -2.12. The quantitative estimate of drug-likeness (QED) is 0.894. The molecule has 0 saturated carbocycles. The Morgan fingerprint density at radius 3 is 2.60 bits per heavy atom. The summed E-state index contributed by atoms with van der Waals surface area (Å²) >= 11 is 1.16. The standard InChI is InChI=1S/C12H15N5O2S/c1-4-7-8(5-2)15-16-10(9(7)11(18)19)20-12-13-6-14-17(12)3/h6H,4-5H2,1-3H3,(H,18,19). The molecule has 2 aromatic heterocycles. The van der Waals surface area contributed by atoms with Gasteiger partial charge in [-0.15, -0.1) is 5.10 Å². The molecule has 2 aromatic rings. The Balaban J connectivity index is 2.53. The maximum absolute atomic E-state index is 11.6. The van der Waals surface area contributed by atoms with Crippen molar-refractivity contribution in [2.45, 2.75) is 36.9 Å². The molecule has 2 rings (SSSR count). The molecule has 106 valence electrons. The SMILES string of the molecule is CCc1nnc(Sc2ncnn2C)c(C(=O)O)c1CC. The van der Waals surface area contributed by atoms with Crippen molar-refractivity contribution in [2.75, 3.05) is 0 Å². The van der Waals surface area contributed by atoms with E-state index in [1.807, 2.05) is 13.8 Å². The third-order valence-electron chi connectivity index (χ3n) is 2.89. The molecule has 2 heterocycles. The van der Waals surface area contributed by atoms with Crippen LogP contribution in [0.15, 0.2) is 16.5 Å². The molecule has 0 aliphatic carbocycles. The molecule has 0 radical (unpaired) electrons. The van der Waals surface area contributed by atoms with E-state index in [1.54, 1.807) is 11.7 Å². The minimum Gasteiger partial charge on any atom is -0.478 e. The number of carboxylic acids is 1. The van der Waals surface area contributed by atoms with Crippen LogP contribution in [-0.4, -0.2) is 36.0 Å². The van der Waals surface area contributed by atoms with Crippen LogP contribution in [0.3, 0.4) is 0 Å². The number of aromatic carboxylic acids is 1. The van der Waals surface area contributed by atoms with Gasteiger partial charge in [-0.05, 0) is 30.2 Å². The lowest BCUT2D eigenvalue weighted by atomic mass is 10.0. The Hall–Kier alpha value is -1.96. The number of aromatic nitrogens is 5. The minimum absolute atomic E-state index is 0.215. The number of nitrogens with zero attached hydrogens (tertiary/aromatic N) is 5. The Kier molecular flexibility index (Phi) is 4.33. The number of hydrogen-bond acceptors (Lipinski definition) is 6. The molecule has 20 heavy (non-hydrogen) atoms. The fraction of sp³-hybridized carbons (Fsp3) is 0.417. The van der Waals surface area contributed by atoms with Crippen molar-refractivity contribution in [3.63, 3.8) is 0 Å². The number of carboxylic acid groups (broad SMARTS) is 1. The van der Waals surface area contributed by atoms with Crippen LogP contribution < -0.4 is 0 Å². The number of carbonyl (C=O) groups is 1. The van der Waals surface area contributed by atoms with Gasteiger partial charge in [0.15, 0.2) is 5.16 Å². The summed E-state index contributed by atoms with van der Waals surface area (Å²) in [4.78, 5) is 15.6. The molecule has 0 bridgehead atoms. The van der Waals surface area contributed by atoms with Gasteiger partial charge in [0.2, 0.25) is 0 Å². The summed E-state index contributed by atoms with van der Waals surface area (Å²) in [6.07, 6.45) is 2.68. The van der Waals surface area contributed by atoms with E-state index in [4.69, 9.17) is 0 Å². The Morgan fingerprint density at radius 2 is 2.10 bits per heavy atom. The zero-order valence-electron chi connectivity index (χ0n) is 11.5.